The second-order valence-electron chi connectivity index (χ2n) is 7.95. The lowest BCUT2D eigenvalue weighted by atomic mass is 9.77. The number of hydrogen-bond acceptors (Lipinski definition) is 5. The lowest BCUT2D eigenvalue weighted by Gasteiger charge is -2.39. The maximum Gasteiger partial charge on any atom is 0.304 e. The SMILES string of the molecule is CCC(C)(C)OOC(C)C(C)(CC(=O)O)C(C)OOC(C)(C)CC. The molecule has 0 aromatic heterocycles. The Balaban J connectivity index is 5.07. The average molecular weight is 348 g/mol. The Morgan fingerprint density at radius 2 is 1.21 bits per heavy atom. The van der Waals surface area contributed by atoms with Gasteiger partial charge in [-0.3, -0.25) is 4.79 Å². The molecule has 0 aromatic rings. The minimum absolute atomic E-state index is 0.124. The van der Waals surface area contributed by atoms with Gasteiger partial charge in [0.05, 0.1) is 29.8 Å². The largest absolute Gasteiger partial charge is 0.481 e. The van der Waals surface area contributed by atoms with Crippen LogP contribution in [-0.4, -0.2) is 34.5 Å². The molecule has 0 aliphatic heterocycles. The Hall–Kier alpha value is -0.690. The van der Waals surface area contributed by atoms with Gasteiger partial charge in [0, 0.05) is 5.41 Å². The molecular formula is C18H36O6. The molecule has 0 rings (SSSR count). The van der Waals surface area contributed by atoms with Crippen LogP contribution in [0.15, 0.2) is 0 Å². The monoisotopic (exact) mass is 348 g/mol. The first-order chi connectivity index (χ1) is 10.8. The third kappa shape index (κ3) is 7.47. The van der Waals surface area contributed by atoms with E-state index in [1.807, 2.05) is 41.5 Å². The summed E-state index contributed by atoms with van der Waals surface area (Å²) in [7, 11) is 0. The summed E-state index contributed by atoms with van der Waals surface area (Å²) >= 11 is 0. The number of carbonyl (C=O) groups is 1. The topological polar surface area (TPSA) is 74.2 Å². The molecule has 6 nitrogen and oxygen atoms in total. The Labute approximate surface area is 146 Å². The Morgan fingerprint density at radius 3 is 1.46 bits per heavy atom. The van der Waals surface area contributed by atoms with Crippen molar-refractivity contribution in [3.05, 3.63) is 0 Å². The third-order valence-corrected chi connectivity index (χ3v) is 4.93. The van der Waals surface area contributed by atoms with Crippen LogP contribution in [0.3, 0.4) is 0 Å². The van der Waals surface area contributed by atoms with Crippen molar-refractivity contribution in [2.45, 2.75) is 105 Å². The Bertz CT molecular complexity index is 365. The highest BCUT2D eigenvalue weighted by molar-refractivity contribution is 5.67. The van der Waals surface area contributed by atoms with Crippen molar-refractivity contribution >= 4 is 5.97 Å². The molecule has 24 heavy (non-hydrogen) atoms. The fourth-order valence-electron chi connectivity index (χ4n) is 1.69. The molecule has 0 bridgehead atoms. The van der Waals surface area contributed by atoms with Crippen molar-refractivity contribution in [3.63, 3.8) is 0 Å². The second-order valence-corrected chi connectivity index (χ2v) is 7.95. The maximum absolute atomic E-state index is 11.3. The Kier molecular flexibility index (Phi) is 8.87. The summed E-state index contributed by atoms with van der Waals surface area (Å²) < 4.78 is 0. The van der Waals surface area contributed by atoms with E-state index in [1.54, 1.807) is 20.8 Å². The van der Waals surface area contributed by atoms with Crippen molar-refractivity contribution in [1.29, 1.82) is 0 Å². The van der Waals surface area contributed by atoms with E-state index in [4.69, 9.17) is 19.6 Å². The summed E-state index contributed by atoms with van der Waals surface area (Å²) in [6.07, 6.45) is 0.427. The lowest BCUT2D eigenvalue weighted by molar-refractivity contribution is -0.421. The van der Waals surface area contributed by atoms with Gasteiger partial charge >= 0.3 is 5.97 Å². The van der Waals surface area contributed by atoms with Crippen LogP contribution in [-0.2, 0) is 24.3 Å². The van der Waals surface area contributed by atoms with Crippen molar-refractivity contribution in [2.24, 2.45) is 5.41 Å². The molecule has 2 unspecified atom stereocenters. The van der Waals surface area contributed by atoms with Crippen molar-refractivity contribution in [1.82, 2.24) is 0 Å². The van der Waals surface area contributed by atoms with Crippen LogP contribution >= 0.6 is 0 Å². The zero-order valence-corrected chi connectivity index (χ0v) is 16.8. The highest BCUT2D eigenvalue weighted by Gasteiger charge is 2.43. The van der Waals surface area contributed by atoms with Crippen LogP contribution in [0.5, 0.6) is 0 Å². The smallest absolute Gasteiger partial charge is 0.304 e. The summed E-state index contributed by atoms with van der Waals surface area (Å²) in [5.41, 5.74) is -1.70. The fraction of sp³-hybridized carbons (Fsp3) is 0.944. The summed E-state index contributed by atoms with van der Waals surface area (Å²) in [5, 5.41) is 9.30. The van der Waals surface area contributed by atoms with Gasteiger partial charge in [-0.2, -0.15) is 0 Å². The second kappa shape index (κ2) is 9.13. The van der Waals surface area contributed by atoms with Crippen molar-refractivity contribution in [3.8, 4) is 0 Å². The Morgan fingerprint density at radius 1 is 0.875 bits per heavy atom. The molecule has 0 aliphatic rings. The molecule has 6 heteroatoms. The van der Waals surface area contributed by atoms with Gasteiger partial charge in [0.2, 0.25) is 0 Å². The quantitative estimate of drug-likeness (QED) is 0.413. The molecule has 0 saturated carbocycles. The summed E-state index contributed by atoms with van der Waals surface area (Å²) in [6.45, 7) is 17.1. The molecule has 0 amide bonds. The van der Waals surface area contributed by atoms with Crippen LogP contribution in [0, 0.1) is 5.41 Å². The molecular weight excluding hydrogens is 312 g/mol. The van der Waals surface area contributed by atoms with Gasteiger partial charge < -0.3 is 5.11 Å². The first-order valence-electron chi connectivity index (χ1n) is 8.70. The molecule has 0 fully saturated rings. The third-order valence-electron chi connectivity index (χ3n) is 4.93. The maximum atomic E-state index is 11.3. The zero-order valence-electron chi connectivity index (χ0n) is 16.8. The van der Waals surface area contributed by atoms with Crippen molar-refractivity contribution in [2.75, 3.05) is 0 Å². The van der Waals surface area contributed by atoms with E-state index in [0.717, 1.165) is 12.8 Å². The van der Waals surface area contributed by atoms with Gasteiger partial charge in [-0.1, -0.05) is 20.8 Å². The number of carboxylic acids is 1. The molecule has 0 heterocycles. The van der Waals surface area contributed by atoms with Crippen LogP contribution < -0.4 is 0 Å². The first-order valence-corrected chi connectivity index (χ1v) is 8.70. The van der Waals surface area contributed by atoms with Gasteiger partial charge in [-0.15, -0.1) is 0 Å². The minimum atomic E-state index is -0.923. The average Bonchev–Trinajstić information content (AvgIpc) is 2.49. The number of rotatable bonds is 12. The van der Waals surface area contributed by atoms with Gasteiger partial charge in [-0.25, -0.2) is 19.6 Å². The highest BCUT2D eigenvalue weighted by atomic mass is 17.2. The molecule has 0 radical (unpaired) electrons. The number of carboxylic acid groups (broad SMARTS) is 1. The minimum Gasteiger partial charge on any atom is -0.481 e. The van der Waals surface area contributed by atoms with E-state index in [-0.39, 0.29) is 6.42 Å². The predicted molar refractivity (Wildman–Crippen MR) is 92.4 cm³/mol. The predicted octanol–water partition coefficient (Wildman–Crippen LogP) is 4.52. The summed E-state index contributed by atoms with van der Waals surface area (Å²) in [4.78, 5) is 33.4. The molecule has 0 aromatic carbocycles. The number of hydrogen-bond donors (Lipinski definition) is 1. The molecule has 2 atom stereocenters. The number of aliphatic carboxylic acids is 1. The molecule has 1 N–H and O–H groups in total. The van der Waals surface area contributed by atoms with Crippen LogP contribution in [0.4, 0.5) is 0 Å². The van der Waals surface area contributed by atoms with Gasteiger partial charge in [0.1, 0.15) is 0 Å². The van der Waals surface area contributed by atoms with Gasteiger partial charge in [-0.05, 0) is 54.4 Å². The van der Waals surface area contributed by atoms with Gasteiger partial charge in [0.15, 0.2) is 0 Å². The van der Waals surface area contributed by atoms with E-state index >= 15 is 0 Å². The summed E-state index contributed by atoms with van der Waals surface area (Å²) in [5.74, 6) is -0.923. The van der Waals surface area contributed by atoms with E-state index in [1.165, 1.54) is 0 Å². The highest BCUT2D eigenvalue weighted by Crippen LogP contribution is 2.36. The normalized spacial score (nSPS) is 18.0. The first kappa shape index (κ1) is 23.3. The fourth-order valence-corrected chi connectivity index (χ4v) is 1.69. The van der Waals surface area contributed by atoms with E-state index in [9.17, 15) is 9.90 Å². The van der Waals surface area contributed by atoms with E-state index in [0.29, 0.717) is 0 Å². The van der Waals surface area contributed by atoms with Crippen LogP contribution in [0.1, 0.15) is 81.6 Å². The standard InChI is InChI=1S/C18H36O6/c1-10-16(5,6)23-21-13(3)18(9,12-15(19)20)14(4)22-24-17(7,8)11-2/h13-14H,10-12H2,1-9H3,(H,19,20). The van der Waals surface area contributed by atoms with Gasteiger partial charge in [0.25, 0.3) is 0 Å². The lowest BCUT2D eigenvalue weighted by Crippen LogP contribution is -2.46. The molecule has 144 valence electrons. The molecule has 0 spiro atoms. The van der Waals surface area contributed by atoms with Crippen LogP contribution in [0.25, 0.3) is 0 Å². The van der Waals surface area contributed by atoms with E-state index < -0.39 is 34.8 Å². The molecule has 0 saturated heterocycles. The zero-order chi connectivity index (χ0) is 19.2. The van der Waals surface area contributed by atoms with Crippen molar-refractivity contribution < 1.29 is 29.5 Å². The summed E-state index contributed by atoms with van der Waals surface area (Å²) in [6, 6.07) is 0. The molecule has 0 aliphatic carbocycles. The van der Waals surface area contributed by atoms with E-state index in [2.05, 4.69) is 0 Å². The van der Waals surface area contributed by atoms with Crippen LogP contribution in [0.2, 0.25) is 0 Å².